The van der Waals surface area contributed by atoms with Crippen LogP contribution in [0.1, 0.15) is 37.8 Å². The van der Waals surface area contributed by atoms with Crippen molar-refractivity contribution in [3.8, 4) is 0 Å². The van der Waals surface area contributed by atoms with Crippen molar-refractivity contribution in [3.63, 3.8) is 0 Å². The summed E-state index contributed by atoms with van der Waals surface area (Å²) in [5, 5.41) is 0. The molecule has 6 rings (SSSR count). The summed E-state index contributed by atoms with van der Waals surface area (Å²) in [6.45, 7) is 8.58. The molecule has 2 aromatic carbocycles. The fourth-order valence-electron chi connectivity index (χ4n) is 5.70. The number of carbonyl (C=O) groups excluding carboxylic acids is 2. The van der Waals surface area contributed by atoms with Crippen LogP contribution in [-0.2, 0) is 39.1 Å². The second-order valence-electron chi connectivity index (χ2n) is 11.1. The highest BCUT2D eigenvalue weighted by molar-refractivity contribution is 7.89. The van der Waals surface area contributed by atoms with Crippen LogP contribution in [0.25, 0.3) is 0 Å². The van der Waals surface area contributed by atoms with Crippen LogP contribution in [0.2, 0.25) is 0 Å². The van der Waals surface area contributed by atoms with Gasteiger partial charge in [0.2, 0.25) is 20.0 Å². The van der Waals surface area contributed by atoms with E-state index < -0.39 is 20.0 Å². The van der Waals surface area contributed by atoms with Gasteiger partial charge < -0.3 is 9.47 Å². The van der Waals surface area contributed by atoms with E-state index in [1.54, 1.807) is 62.4 Å². The van der Waals surface area contributed by atoms with Gasteiger partial charge in [-0.3, -0.25) is 9.59 Å². The predicted molar refractivity (Wildman–Crippen MR) is 154 cm³/mol. The molecule has 4 heterocycles. The Morgan fingerprint density at radius 2 is 0.929 bits per heavy atom. The maximum Gasteiger partial charge on any atom is 0.311 e. The Balaban J connectivity index is 0.000000168. The van der Waals surface area contributed by atoms with E-state index in [1.807, 2.05) is 13.8 Å². The molecule has 0 radical (unpaired) electrons. The Labute approximate surface area is 246 Å². The largest absolute Gasteiger partial charge is 0.431 e. The van der Waals surface area contributed by atoms with Gasteiger partial charge in [0.25, 0.3) is 0 Å². The number of carbonyl (C=O) groups is 2. The summed E-state index contributed by atoms with van der Waals surface area (Å²) in [6.07, 6.45) is 0.513. The van der Waals surface area contributed by atoms with Crippen molar-refractivity contribution in [1.82, 2.24) is 8.61 Å². The van der Waals surface area contributed by atoms with Gasteiger partial charge >= 0.3 is 11.9 Å². The summed E-state index contributed by atoms with van der Waals surface area (Å²) >= 11 is 0. The first-order valence-electron chi connectivity index (χ1n) is 13.7. The normalized spacial score (nSPS) is 23.1. The van der Waals surface area contributed by atoms with Gasteiger partial charge in [-0.25, -0.2) is 16.8 Å². The molecule has 2 fully saturated rings. The third-order valence-electron chi connectivity index (χ3n) is 8.11. The van der Waals surface area contributed by atoms with Gasteiger partial charge in [-0.15, -0.1) is 0 Å². The second kappa shape index (κ2) is 11.4. The van der Waals surface area contributed by atoms with E-state index in [9.17, 15) is 26.4 Å². The van der Waals surface area contributed by atoms with Gasteiger partial charge in [0.05, 0.1) is 22.6 Å². The summed E-state index contributed by atoms with van der Waals surface area (Å²) in [6, 6.07) is 13.6. The first kappa shape index (κ1) is 30.1. The molecule has 4 aliphatic heterocycles. The molecule has 4 aliphatic rings. The third-order valence-corrected chi connectivity index (χ3v) is 11.8. The minimum Gasteiger partial charge on any atom is -0.431 e. The summed E-state index contributed by atoms with van der Waals surface area (Å²) in [5.74, 6) is 0.445. The van der Waals surface area contributed by atoms with E-state index >= 15 is 0 Å². The number of allylic oxidation sites excluding steroid dienone is 2. The molecule has 0 bridgehead atoms. The highest BCUT2D eigenvalue weighted by Crippen LogP contribution is 2.37. The third kappa shape index (κ3) is 5.94. The van der Waals surface area contributed by atoms with Crippen LogP contribution in [-0.4, -0.2) is 63.6 Å². The monoisotopic (exact) mass is 614 g/mol. The number of ether oxygens (including phenoxy) is 2. The molecule has 0 unspecified atom stereocenters. The topological polar surface area (TPSA) is 127 Å². The second-order valence-corrected chi connectivity index (χ2v) is 15.0. The Hall–Kier alpha value is -3.32. The highest BCUT2D eigenvalue weighted by Gasteiger charge is 2.42. The molecule has 42 heavy (non-hydrogen) atoms. The first-order valence-corrected chi connectivity index (χ1v) is 16.6. The molecular formula is C30H34N2O8S2. The van der Waals surface area contributed by atoms with Gasteiger partial charge in [0.1, 0.15) is 11.5 Å². The Kier molecular flexibility index (Phi) is 8.18. The molecule has 0 N–H and O–H groups in total. The molecule has 2 saturated heterocycles. The standard InChI is InChI=1S/2C15H17NO4S/c2*1-10-3-5-13(6-4-10)21(18,19)16-8-12-7-15(17)20-11(2)14(12)9-16/h2*3-6,12H,7-9H2,1-2H3/t2*12-/m11/s1. The van der Waals surface area contributed by atoms with Crippen molar-refractivity contribution in [1.29, 1.82) is 0 Å². The van der Waals surface area contributed by atoms with Crippen LogP contribution in [0.15, 0.2) is 81.0 Å². The molecule has 0 aliphatic carbocycles. The van der Waals surface area contributed by atoms with Gasteiger partial charge in [0.15, 0.2) is 0 Å². The van der Waals surface area contributed by atoms with Crippen LogP contribution >= 0.6 is 0 Å². The number of esters is 2. The average molecular weight is 615 g/mol. The molecule has 10 nitrogen and oxygen atoms in total. The average Bonchev–Trinajstić information content (AvgIpc) is 3.56. The number of hydrogen-bond donors (Lipinski definition) is 0. The maximum atomic E-state index is 12.7. The van der Waals surface area contributed by atoms with E-state index in [1.165, 1.54) is 8.61 Å². The molecule has 2 aromatic rings. The van der Waals surface area contributed by atoms with Gasteiger partial charge in [-0.2, -0.15) is 8.61 Å². The Bertz CT molecular complexity index is 1560. The highest BCUT2D eigenvalue weighted by atomic mass is 32.2. The zero-order valence-corrected chi connectivity index (χ0v) is 25.6. The lowest BCUT2D eigenvalue weighted by Crippen LogP contribution is -2.29. The molecule has 0 amide bonds. The number of sulfonamides is 2. The van der Waals surface area contributed by atoms with E-state index in [2.05, 4.69) is 0 Å². The Morgan fingerprint density at radius 3 is 1.26 bits per heavy atom. The smallest absolute Gasteiger partial charge is 0.311 e. The number of fused-ring (bicyclic) bond motifs is 2. The number of nitrogens with zero attached hydrogens (tertiary/aromatic N) is 2. The summed E-state index contributed by atoms with van der Waals surface area (Å²) in [4.78, 5) is 23.5. The predicted octanol–water partition coefficient (Wildman–Crippen LogP) is 3.67. The minimum absolute atomic E-state index is 0.0496. The molecule has 12 heteroatoms. The zero-order valence-electron chi connectivity index (χ0n) is 24.0. The van der Waals surface area contributed by atoms with Crippen molar-refractivity contribution in [2.75, 3.05) is 26.2 Å². The Morgan fingerprint density at radius 1 is 0.595 bits per heavy atom. The maximum absolute atomic E-state index is 12.7. The van der Waals surface area contributed by atoms with E-state index in [-0.39, 0.29) is 46.4 Å². The molecule has 0 aromatic heterocycles. The SMILES string of the molecule is CC1=C2CN(S(=O)(=O)c3ccc(C)cc3)C[C@H]2CC(=O)O1.CC1=C2CN(S(=O)(=O)c3ccc(C)cc3)C[C@H]2CC(=O)O1. The van der Waals surface area contributed by atoms with Crippen molar-refractivity contribution in [3.05, 3.63) is 82.3 Å². The van der Waals surface area contributed by atoms with Crippen molar-refractivity contribution < 1.29 is 35.9 Å². The van der Waals surface area contributed by atoms with E-state index in [4.69, 9.17) is 9.47 Å². The fourth-order valence-corrected chi connectivity index (χ4v) is 8.62. The van der Waals surface area contributed by atoms with E-state index in [0.29, 0.717) is 37.7 Å². The van der Waals surface area contributed by atoms with Gasteiger partial charge in [0, 0.05) is 38.0 Å². The van der Waals surface area contributed by atoms with Crippen LogP contribution < -0.4 is 0 Å². The summed E-state index contributed by atoms with van der Waals surface area (Å²) < 4.78 is 63.7. The lowest BCUT2D eigenvalue weighted by molar-refractivity contribution is -0.142. The summed E-state index contributed by atoms with van der Waals surface area (Å²) in [7, 11) is -7.04. The quantitative estimate of drug-likeness (QED) is 0.478. The number of hydrogen-bond acceptors (Lipinski definition) is 8. The minimum atomic E-state index is -3.52. The van der Waals surface area contributed by atoms with Crippen LogP contribution in [0.4, 0.5) is 0 Å². The van der Waals surface area contributed by atoms with Crippen molar-refractivity contribution in [2.45, 2.75) is 50.3 Å². The molecule has 224 valence electrons. The number of benzene rings is 2. The molecule has 2 atom stereocenters. The van der Waals surface area contributed by atoms with Crippen LogP contribution in [0.3, 0.4) is 0 Å². The molecule has 0 saturated carbocycles. The number of rotatable bonds is 4. The molecular weight excluding hydrogens is 580 g/mol. The lowest BCUT2D eigenvalue weighted by atomic mass is 9.96. The van der Waals surface area contributed by atoms with E-state index in [0.717, 1.165) is 22.3 Å². The molecule has 0 spiro atoms. The van der Waals surface area contributed by atoms with Crippen LogP contribution in [0, 0.1) is 25.7 Å². The fraction of sp³-hybridized carbons (Fsp3) is 0.400. The van der Waals surface area contributed by atoms with Crippen molar-refractivity contribution >= 4 is 32.0 Å². The number of cyclic esters (lactones) is 2. The summed E-state index contributed by atoms with van der Waals surface area (Å²) in [5.41, 5.74) is 3.87. The van der Waals surface area contributed by atoms with Gasteiger partial charge in [-0.05, 0) is 63.1 Å². The van der Waals surface area contributed by atoms with Gasteiger partial charge in [-0.1, -0.05) is 35.4 Å². The first-order chi connectivity index (χ1) is 19.8. The lowest BCUT2D eigenvalue weighted by Gasteiger charge is -2.18. The zero-order chi connectivity index (χ0) is 30.4. The van der Waals surface area contributed by atoms with Crippen molar-refractivity contribution in [2.24, 2.45) is 11.8 Å². The van der Waals surface area contributed by atoms with Crippen LogP contribution in [0.5, 0.6) is 0 Å². The number of aryl methyl sites for hydroxylation is 2.